The Kier molecular flexibility index (Phi) is 8.83. The number of fused-ring (bicyclic) bond motifs is 1. The van der Waals surface area contributed by atoms with Crippen molar-refractivity contribution in [3.63, 3.8) is 0 Å². The van der Waals surface area contributed by atoms with Crippen LogP contribution in [0.1, 0.15) is 35.2 Å². The van der Waals surface area contributed by atoms with Crippen molar-refractivity contribution in [3.8, 4) is 0 Å². The van der Waals surface area contributed by atoms with Crippen molar-refractivity contribution < 1.29 is 4.79 Å². The van der Waals surface area contributed by atoms with Gasteiger partial charge in [0, 0.05) is 17.4 Å². The maximum absolute atomic E-state index is 12.9. The standard InChI is InChI=1S/C21H24N4OS.2ClH/c22-12-14-7-5-11-17(14)23-20(26)16-8-2-1-6-15(16)13-27-21-24-18-9-3-4-10-19(18)25-21;;/h1-4,6,8-10,14,17H,5,7,11-13,22H2,(H,23,26)(H,24,25);2*1H. The van der Waals surface area contributed by atoms with Crippen LogP contribution in [-0.4, -0.2) is 28.5 Å². The number of carbonyl (C=O) groups is 1. The zero-order valence-corrected chi connectivity index (χ0v) is 18.4. The molecule has 156 valence electrons. The lowest BCUT2D eigenvalue weighted by Crippen LogP contribution is -2.40. The number of thioether (sulfide) groups is 1. The van der Waals surface area contributed by atoms with E-state index in [4.69, 9.17) is 5.73 Å². The Hall–Kier alpha value is -1.73. The molecule has 0 saturated heterocycles. The van der Waals surface area contributed by atoms with Crippen molar-refractivity contribution in [1.82, 2.24) is 15.3 Å². The predicted octanol–water partition coefficient (Wildman–Crippen LogP) is 4.56. The third kappa shape index (κ3) is 5.45. The molecule has 2 atom stereocenters. The first-order valence-corrected chi connectivity index (χ1v) is 10.4. The third-order valence-electron chi connectivity index (χ3n) is 5.27. The van der Waals surface area contributed by atoms with Crippen LogP contribution in [0.5, 0.6) is 0 Å². The molecule has 1 aliphatic carbocycles. The maximum Gasteiger partial charge on any atom is 0.251 e. The molecule has 1 amide bonds. The van der Waals surface area contributed by atoms with Crippen molar-refractivity contribution in [2.45, 2.75) is 36.2 Å². The van der Waals surface area contributed by atoms with Gasteiger partial charge < -0.3 is 16.0 Å². The van der Waals surface area contributed by atoms with Crippen LogP contribution in [0.2, 0.25) is 0 Å². The van der Waals surface area contributed by atoms with Gasteiger partial charge in [-0.3, -0.25) is 4.79 Å². The van der Waals surface area contributed by atoms with E-state index in [1.807, 2.05) is 48.5 Å². The Morgan fingerprint density at radius 1 is 1.14 bits per heavy atom. The van der Waals surface area contributed by atoms with E-state index in [1.54, 1.807) is 11.8 Å². The van der Waals surface area contributed by atoms with Crippen LogP contribution in [0.15, 0.2) is 53.7 Å². The number of imidazole rings is 1. The number of para-hydroxylation sites is 2. The molecule has 4 N–H and O–H groups in total. The molecule has 2 aromatic carbocycles. The first-order chi connectivity index (χ1) is 13.2. The second-order valence-corrected chi connectivity index (χ2v) is 7.98. The fourth-order valence-electron chi connectivity index (χ4n) is 3.77. The lowest BCUT2D eigenvalue weighted by Gasteiger charge is -2.20. The van der Waals surface area contributed by atoms with E-state index in [0.717, 1.165) is 46.6 Å². The van der Waals surface area contributed by atoms with Crippen molar-refractivity contribution in [1.29, 1.82) is 0 Å². The van der Waals surface area contributed by atoms with Gasteiger partial charge in [0.05, 0.1) is 11.0 Å². The van der Waals surface area contributed by atoms with Gasteiger partial charge in [-0.25, -0.2) is 4.98 Å². The molecule has 1 fully saturated rings. The Balaban J connectivity index is 0.00000150. The molecule has 0 bridgehead atoms. The minimum atomic E-state index is 0. The number of hydrogen-bond acceptors (Lipinski definition) is 4. The number of amides is 1. The fourth-order valence-corrected chi connectivity index (χ4v) is 4.66. The van der Waals surface area contributed by atoms with Crippen molar-refractivity contribution in [3.05, 3.63) is 59.7 Å². The molecule has 1 aromatic heterocycles. The molecular formula is C21H26Cl2N4OS. The van der Waals surface area contributed by atoms with E-state index in [9.17, 15) is 4.79 Å². The van der Waals surface area contributed by atoms with Gasteiger partial charge in [0.25, 0.3) is 5.91 Å². The van der Waals surface area contributed by atoms with Gasteiger partial charge in [-0.2, -0.15) is 0 Å². The van der Waals surface area contributed by atoms with Crippen molar-refractivity contribution in [2.75, 3.05) is 6.54 Å². The van der Waals surface area contributed by atoms with Crippen LogP contribution in [0.3, 0.4) is 0 Å². The molecule has 8 heteroatoms. The Morgan fingerprint density at radius 3 is 2.69 bits per heavy atom. The highest BCUT2D eigenvalue weighted by Crippen LogP contribution is 2.27. The summed E-state index contributed by atoms with van der Waals surface area (Å²) < 4.78 is 0. The fraction of sp³-hybridized carbons (Fsp3) is 0.333. The van der Waals surface area contributed by atoms with Gasteiger partial charge >= 0.3 is 0 Å². The molecule has 1 saturated carbocycles. The summed E-state index contributed by atoms with van der Waals surface area (Å²) in [5.74, 6) is 1.08. The molecule has 0 aliphatic heterocycles. The number of nitrogens with two attached hydrogens (primary N) is 1. The van der Waals surface area contributed by atoms with Crippen LogP contribution in [0.25, 0.3) is 11.0 Å². The molecule has 5 nitrogen and oxygen atoms in total. The molecule has 3 aromatic rings. The zero-order chi connectivity index (χ0) is 18.6. The van der Waals surface area contributed by atoms with Crippen LogP contribution >= 0.6 is 36.6 Å². The van der Waals surface area contributed by atoms with Crippen LogP contribution in [0, 0.1) is 5.92 Å². The van der Waals surface area contributed by atoms with E-state index in [0.29, 0.717) is 18.2 Å². The normalized spacial score (nSPS) is 18.1. The number of benzene rings is 2. The summed E-state index contributed by atoms with van der Waals surface area (Å²) in [4.78, 5) is 20.8. The van der Waals surface area contributed by atoms with Crippen LogP contribution in [0.4, 0.5) is 0 Å². The summed E-state index contributed by atoms with van der Waals surface area (Å²) in [5.41, 5.74) is 9.59. The summed E-state index contributed by atoms with van der Waals surface area (Å²) in [6.07, 6.45) is 3.25. The Labute approximate surface area is 187 Å². The predicted molar refractivity (Wildman–Crippen MR) is 124 cm³/mol. The largest absolute Gasteiger partial charge is 0.349 e. The van der Waals surface area contributed by atoms with E-state index >= 15 is 0 Å². The number of H-pyrrole nitrogens is 1. The number of hydrogen-bond donors (Lipinski definition) is 3. The Morgan fingerprint density at radius 2 is 1.90 bits per heavy atom. The number of carbonyl (C=O) groups excluding carboxylic acids is 1. The van der Waals surface area contributed by atoms with E-state index < -0.39 is 0 Å². The second-order valence-electron chi connectivity index (χ2n) is 7.01. The van der Waals surface area contributed by atoms with Gasteiger partial charge in [0.2, 0.25) is 0 Å². The molecular weight excluding hydrogens is 427 g/mol. The molecule has 4 rings (SSSR count). The first-order valence-electron chi connectivity index (χ1n) is 9.41. The number of nitrogens with zero attached hydrogens (tertiary/aromatic N) is 1. The molecule has 1 heterocycles. The highest BCUT2D eigenvalue weighted by Gasteiger charge is 2.28. The highest BCUT2D eigenvalue weighted by atomic mass is 35.5. The maximum atomic E-state index is 12.9. The van der Waals surface area contributed by atoms with Gasteiger partial charge in [0.1, 0.15) is 0 Å². The smallest absolute Gasteiger partial charge is 0.251 e. The van der Waals surface area contributed by atoms with Gasteiger partial charge in [0.15, 0.2) is 5.16 Å². The minimum absolute atomic E-state index is 0. The van der Waals surface area contributed by atoms with Gasteiger partial charge in [-0.05, 0) is 49.1 Å². The quantitative estimate of drug-likeness (QED) is 0.478. The molecule has 0 radical (unpaired) electrons. The summed E-state index contributed by atoms with van der Waals surface area (Å²) >= 11 is 1.61. The summed E-state index contributed by atoms with van der Waals surface area (Å²) in [6.45, 7) is 0.633. The second kappa shape index (κ2) is 10.9. The van der Waals surface area contributed by atoms with Gasteiger partial charge in [-0.15, -0.1) is 24.8 Å². The highest BCUT2D eigenvalue weighted by molar-refractivity contribution is 7.98. The minimum Gasteiger partial charge on any atom is -0.349 e. The molecule has 2 unspecified atom stereocenters. The number of rotatable bonds is 6. The summed E-state index contributed by atoms with van der Waals surface area (Å²) in [7, 11) is 0. The number of aromatic nitrogens is 2. The number of nitrogens with one attached hydrogen (secondary N) is 2. The monoisotopic (exact) mass is 452 g/mol. The lowest BCUT2D eigenvalue weighted by atomic mass is 10.0. The summed E-state index contributed by atoms with van der Waals surface area (Å²) in [6, 6.07) is 16.0. The van der Waals surface area contributed by atoms with Gasteiger partial charge in [-0.1, -0.05) is 48.5 Å². The first kappa shape index (κ1) is 23.5. The zero-order valence-electron chi connectivity index (χ0n) is 16.0. The third-order valence-corrected chi connectivity index (χ3v) is 6.19. The summed E-state index contributed by atoms with van der Waals surface area (Å²) in [5, 5.41) is 4.07. The topological polar surface area (TPSA) is 83.8 Å². The van der Waals surface area contributed by atoms with Crippen molar-refractivity contribution >= 4 is 53.5 Å². The van der Waals surface area contributed by atoms with E-state index in [1.165, 1.54) is 0 Å². The van der Waals surface area contributed by atoms with E-state index in [-0.39, 0.29) is 36.8 Å². The average molecular weight is 453 g/mol. The SMILES string of the molecule is Cl.Cl.NCC1CCCC1NC(=O)c1ccccc1CSc1nc2ccccc2[nH]1. The van der Waals surface area contributed by atoms with E-state index in [2.05, 4.69) is 15.3 Å². The number of aromatic amines is 1. The molecule has 1 aliphatic rings. The van der Waals surface area contributed by atoms with Crippen LogP contribution in [-0.2, 0) is 5.75 Å². The molecule has 0 spiro atoms. The van der Waals surface area contributed by atoms with Crippen LogP contribution < -0.4 is 11.1 Å². The molecule has 29 heavy (non-hydrogen) atoms. The number of halogens is 2. The Bertz CT molecular complexity index is 916. The van der Waals surface area contributed by atoms with Crippen molar-refractivity contribution in [2.24, 2.45) is 11.7 Å². The lowest BCUT2D eigenvalue weighted by molar-refractivity contribution is 0.0928. The average Bonchev–Trinajstić information content (AvgIpc) is 3.32.